The first kappa shape index (κ1) is 25.3. The Balaban J connectivity index is 1.55. The number of amides is 1. The van der Waals surface area contributed by atoms with E-state index in [9.17, 15) is 9.90 Å². The predicted octanol–water partition coefficient (Wildman–Crippen LogP) is 4.55. The summed E-state index contributed by atoms with van der Waals surface area (Å²) < 4.78 is 7.77. The van der Waals surface area contributed by atoms with Gasteiger partial charge >= 0.3 is 0 Å². The van der Waals surface area contributed by atoms with Gasteiger partial charge < -0.3 is 25.0 Å². The molecule has 5 rings (SSSR count). The van der Waals surface area contributed by atoms with Gasteiger partial charge in [-0.3, -0.25) is 4.79 Å². The Morgan fingerprint density at radius 3 is 2.63 bits per heavy atom. The maximum atomic E-state index is 11.9. The minimum Gasteiger partial charge on any atom is -0.456 e. The maximum Gasteiger partial charge on any atom is 0.245 e. The Hall–Kier alpha value is -4.32. The number of anilines is 1. The van der Waals surface area contributed by atoms with Crippen molar-refractivity contribution in [2.45, 2.75) is 18.4 Å². The molecular formula is C29H26ClN5O3. The van der Waals surface area contributed by atoms with Crippen molar-refractivity contribution in [3.63, 3.8) is 0 Å². The number of carbonyl (C=O) groups is 1. The second-order valence-corrected chi connectivity index (χ2v) is 9.52. The first-order valence-electron chi connectivity index (χ1n) is 12.1. The highest BCUT2D eigenvalue weighted by Gasteiger charge is 2.32. The average molecular weight is 528 g/mol. The summed E-state index contributed by atoms with van der Waals surface area (Å²) >= 11 is 6.64. The first-order chi connectivity index (χ1) is 18.3. The van der Waals surface area contributed by atoms with Crippen LogP contribution in [0.25, 0.3) is 22.2 Å². The molecule has 0 bridgehead atoms. The lowest BCUT2D eigenvalue weighted by molar-refractivity contribution is -0.128. The van der Waals surface area contributed by atoms with E-state index in [-0.39, 0.29) is 5.91 Å². The van der Waals surface area contributed by atoms with Gasteiger partial charge in [0.1, 0.15) is 40.6 Å². The number of halogens is 1. The van der Waals surface area contributed by atoms with Crippen LogP contribution in [0.5, 0.6) is 11.5 Å². The topological polar surface area (TPSA) is 106 Å². The van der Waals surface area contributed by atoms with Gasteiger partial charge in [0.2, 0.25) is 5.91 Å². The number of nitrogen functional groups attached to an aromatic ring is 1. The molecule has 0 saturated carbocycles. The van der Waals surface area contributed by atoms with Crippen LogP contribution in [0.15, 0.2) is 67.5 Å². The zero-order valence-electron chi connectivity index (χ0n) is 20.8. The zero-order chi connectivity index (χ0) is 26.9. The molecule has 3 N–H and O–H groups in total. The molecule has 3 heterocycles. The maximum absolute atomic E-state index is 11.9. The van der Waals surface area contributed by atoms with Gasteiger partial charge in [-0.25, -0.2) is 9.97 Å². The van der Waals surface area contributed by atoms with Crippen molar-refractivity contribution in [2.24, 2.45) is 7.05 Å². The Morgan fingerprint density at radius 2 is 1.95 bits per heavy atom. The highest BCUT2D eigenvalue weighted by Crippen LogP contribution is 2.39. The standard InChI is InChI=1S/C29H26ClN5O3/c1-3-24(36)35-15-13-29(37,14-16-35)12-11-22-25(26-27(31)32-18-33-28(26)34(22)2)19-9-10-23(21(30)17-19)38-20-7-5-4-6-8-20/h3-10,17-18,37H,1,13-16H2,2H3,(H2,31,32,33). The third kappa shape index (κ3) is 4.82. The van der Waals surface area contributed by atoms with Gasteiger partial charge in [-0.05, 0) is 41.8 Å². The Labute approximate surface area is 225 Å². The number of rotatable bonds is 4. The fourth-order valence-corrected chi connectivity index (χ4v) is 4.80. The minimum absolute atomic E-state index is 0.151. The first-order valence-corrected chi connectivity index (χ1v) is 12.5. The number of benzene rings is 2. The van der Waals surface area contributed by atoms with Gasteiger partial charge in [-0.15, -0.1) is 0 Å². The Kier molecular flexibility index (Phi) is 6.81. The number of aliphatic hydroxyl groups is 1. The summed E-state index contributed by atoms with van der Waals surface area (Å²) in [6.07, 6.45) is 3.35. The van der Waals surface area contributed by atoms with Crippen LogP contribution < -0.4 is 10.5 Å². The number of carbonyl (C=O) groups excluding carboxylic acids is 1. The molecule has 1 amide bonds. The minimum atomic E-state index is -1.24. The molecule has 2 aromatic carbocycles. The number of hydrogen-bond donors (Lipinski definition) is 2. The molecule has 0 unspecified atom stereocenters. The third-order valence-electron chi connectivity index (χ3n) is 6.68. The molecule has 0 atom stereocenters. The predicted molar refractivity (Wildman–Crippen MR) is 148 cm³/mol. The number of piperidine rings is 1. The average Bonchev–Trinajstić information content (AvgIpc) is 3.22. The fourth-order valence-electron chi connectivity index (χ4n) is 4.58. The number of ether oxygens (including phenoxy) is 1. The highest BCUT2D eigenvalue weighted by atomic mass is 35.5. The number of hydrogen-bond acceptors (Lipinski definition) is 6. The van der Waals surface area contributed by atoms with Crippen LogP contribution in [-0.2, 0) is 11.8 Å². The monoisotopic (exact) mass is 527 g/mol. The van der Waals surface area contributed by atoms with Crippen molar-refractivity contribution in [3.05, 3.63) is 78.2 Å². The summed E-state index contributed by atoms with van der Waals surface area (Å²) in [5, 5.41) is 12.2. The molecule has 1 fully saturated rings. The lowest BCUT2D eigenvalue weighted by atomic mass is 9.91. The van der Waals surface area contributed by atoms with E-state index in [1.165, 1.54) is 12.4 Å². The lowest BCUT2D eigenvalue weighted by Gasteiger charge is -2.34. The summed E-state index contributed by atoms with van der Waals surface area (Å²) in [6, 6.07) is 14.8. The SMILES string of the molecule is C=CC(=O)N1CCC(O)(C#Cc2c(-c3ccc(Oc4ccccc4)c(Cl)c3)c3c(N)ncnc3n2C)CC1. The van der Waals surface area contributed by atoms with E-state index in [4.69, 9.17) is 22.1 Å². The van der Waals surface area contributed by atoms with E-state index in [2.05, 4.69) is 28.4 Å². The van der Waals surface area contributed by atoms with Crippen LogP contribution >= 0.6 is 11.6 Å². The summed E-state index contributed by atoms with van der Waals surface area (Å²) in [6.45, 7) is 4.33. The molecule has 1 aliphatic rings. The number of para-hydroxylation sites is 1. The third-order valence-corrected chi connectivity index (χ3v) is 6.97. The van der Waals surface area contributed by atoms with E-state index in [0.29, 0.717) is 70.6 Å². The van der Waals surface area contributed by atoms with E-state index in [1.54, 1.807) is 17.0 Å². The van der Waals surface area contributed by atoms with Crippen LogP contribution in [0.1, 0.15) is 18.5 Å². The fraction of sp³-hybridized carbons (Fsp3) is 0.207. The van der Waals surface area contributed by atoms with Crippen molar-refractivity contribution < 1.29 is 14.6 Å². The molecular weight excluding hydrogens is 502 g/mol. The number of aromatic nitrogens is 3. The van der Waals surface area contributed by atoms with Gasteiger partial charge in [0.25, 0.3) is 0 Å². The molecule has 0 spiro atoms. The largest absolute Gasteiger partial charge is 0.456 e. The summed E-state index contributed by atoms with van der Waals surface area (Å²) in [7, 11) is 1.84. The number of likely N-dealkylation sites (tertiary alicyclic amines) is 1. The Bertz CT molecular complexity index is 1600. The molecule has 2 aromatic heterocycles. The molecule has 8 nitrogen and oxygen atoms in total. The quantitative estimate of drug-likeness (QED) is 0.298. The number of aryl methyl sites for hydroxylation is 1. The zero-order valence-corrected chi connectivity index (χ0v) is 21.6. The van der Waals surface area contributed by atoms with Crippen molar-refractivity contribution >= 4 is 34.4 Å². The van der Waals surface area contributed by atoms with Crippen LogP contribution in [0.3, 0.4) is 0 Å². The second kappa shape index (κ2) is 10.2. The van der Waals surface area contributed by atoms with Crippen LogP contribution in [-0.4, -0.2) is 49.1 Å². The van der Waals surface area contributed by atoms with Crippen molar-refractivity contribution in [1.29, 1.82) is 0 Å². The second-order valence-electron chi connectivity index (χ2n) is 9.11. The molecule has 0 aliphatic carbocycles. The molecule has 4 aromatic rings. The van der Waals surface area contributed by atoms with Crippen molar-refractivity contribution in [2.75, 3.05) is 18.8 Å². The van der Waals surface area contributed by atoms with E-state index >= 15 is 0 Å². The van der Waals surface area contributed by atoms with E-state index in [0.717, 1.165) is 5.56 Å². The van der Waals surface area contributed by atoms with Crippen molar-refractivity contribution in [3.8, 4) is 34.5 Å². The number of nitrogens with zero attached hydrogens (tertiary/aromatic N) is 4. The van der Waals surface area contributed by atoms with Crippen molar-refractivity contribution in [1.82, 2.24) is 19.4 Å². The smallest absolute Gasteiger partial charge is 0.245 e. The Morgan fingerprint density at radius 1 is 1.21 bits per heavy atom. The molecule has 192 valence electrons. The lowest BCUT2D eigenvalue weighted by Crippen LogP contribution is -2.45. The molecule has 1 saturated heterocycles. The molecule has 0 radical (unpaired) electrons. The summed E-state index contributed by atoms with van der Waals surface area (Å²) in [5.41, 5.74) is 7.74. The highest BCUT2D eigenvalue weighted by molar-refractivity contribution is 6.32. The van der Waals surface area contributed by atoms with Gasteiger partial charge in [0.05, 0.1) is 10.4 Å². The van der Waals surface area contributed by atoms with Crippen LogP contribution in [0, 0.1) is 11.8 Å². The number of fused-ring (bicyclic) bond motifs is 1. The van der Waals surface area contributed by atoms with Gasteiger partial charge in [0.15, 0.2) is 0 Å². The molecule has 1 aliphatic heterocycles. The normalized spacial score (nSPS) is 14.6. The van der Waals surface area contributed by atoms with Gasteiger partial charge in [-0.1, -0.05) is 48.4 Å². The van der Waals surface area contributed by atoms with Gasteiger partial charge in [-0.2, -0.15) is 0 Å². The summed E-state index contributed by atoms with van der Waals surface area (Å²) in [4.78, 5) is 22.2. The van der Waals surface area contributed by atoms with E-state index in [1.807, 2.05) is 48.0 Å². The summed E-state index contributed by atoms with van der Waals surface area (Å²) in [5.74, 6) is 7.57. The van der Waals surface area contributed by atoms with E-state index < -0.39 is 5.60 Å². The molecule has 38 heavy (non-hydrogen) atoms. The van der Waals surface area contributed by atoms with Crippen LogP contribution in [0.2, 0.25) is 5.02 Å². The van der Waals surface area contributed by atoms with Gasteiger partial charge in [0, 0.05) is 38.5 Å². The van der Waals surface area contributed by atoms with Crippen LogP contribution in [0.4, 0.5) is 5.82 Å². The number of nitrogens with two attached hydrogens (primary N) is 1. The molecule has 9 heteroatoms.